The number of rotatable bonds is 8. The van der Waals surface area contributed by atoms with Gasteiger partial charge in [-0.15, -0.1) is 0 Å². The first kappa shape index (κ1) is 22.0. The summed E-state index contributed by atoms with van der Waals surface area (Å²) in [5, 5.41) is 11.8. The standard InChI is InChI=1S/C24H28N2O3S/c25-16-6-7-17-30(28,29)22-14-12-20(13-15-22)24(27)26-23-11-5-4-10-21(23)18-19-8-2-1-3-9-19/h1-3,8-9,12-15,21,23H,4-7,10-11,17-18H2,(H,26,27). The summed E-state index contributed by atoms with van der Waals surface area (Å²) >= 11 is 0. The molecule has 5 nitrogen and oxygen atoms in total. The van der Waals surface area contributed by atoms with Crippen molar-refractivity contribution in [2.45, 2.75) is 55.9 Å². The van der Waals surface area contributed by atoms with E-state index in [1.165, 1.54) is 24.1 Å². The predicted octanol–water partition coefficient (Wildman–Crippen LogP) is 4.30. The zero-order valence-corrected chi connectivity index (χ0v) is 17.9. The molecule has 0 saturated heterocycles. The summed E-state index contributed by atoms with van der Waals surface area (Å²) in [6.07, 6.45) is 5.83. The molecule has 0 aromatic heterocycles. The van der Waals surface area contributed by atoms with Crippen LogP contribution >= 0.6 is 0 Å². The van der Waals surface area contributed by atoms with Gasteiger partial charge in [0.1, 0.15) is 0 Å². The molecule has 0 aliphatic heterocycles. The lowest BCUT2D eigenvalue weighted by Crippen LogP contribution is -2.42. The molecular weight excluding hydrogens is 396 g/mol. The SMILES string of the molecule is N#CCCCS(=O)(=O)c1ccc(C(=O)NC2CCCCC2Cc2ccccc2)cc1. The molecule has 2 aromatic rings. The zero-order valence-electron chi connectivity index (χ0n) is 17.1. The first-order valence-corrected chi connectivity index (χ1v) is 12.2. The Bertz CT molecular complexity index is 979. The van der Waals surface area contributed by atoms with E-state index in [9.17, 15) is 13.2 Å². The second-order valence-electron chi connectivity index (χ2n) is 7.92. The van der Waals surface area contributed by atoms with E-state index in [1.54, 1.807) is 12.1 Å². The van der Waals surface area contributed by atoms with E-state index in [-0.39, 0.29) is 29.0 Å². The van der Waals surface area contributed by atoms with Gasteiger partial charge in [-0.25, -0.2) is 8.42 Å². The van der Waals surface area contributed by atoms with Gasteiger partial charge in [-0.2, -0.15) is 5.26 Å². The van der Waals surface area contributed by atoms with Gasteiger partial charge in [-0.3, -0.25) is 4.79 Å². The summed E-state index contributed by atoms with van der Waals surface area (Å²) in [6.45, 7) is 0. The second kappa shape index (κ2) is 10.4. The molecule has 3 rings (SSSR count). The maximum Gasteiger partial charge on any atom is 0.251 e. The number of benzene rings is 2. The van der Waals surface area contributed by atoms with Crippen molar-refractivity contribution in [3.05, 3.63) is 65.7 Å². The Balaban J connectivity index is 1.63. The number of sulfone groups is 1. The maximum atomic E-state index is 12.8. The Kier molecular flexibility index (Phi) is 7.64. The molecule has 1 saturated carbocycles. The molecule has 2 atom stereocenters. The normalized spacial score (nSPS) is 19.0. The third-order valence-corrected chi connectivity index (χ3v) is 7.56. The second-order valence-corrected chi connectivity index (χ2v) is 10.0. The van der Waals surface area contributed by atoms with E-state index in [0.29, 0.717) is 17.9 Å². The van der Waals surface area contributed by atoms with Crippen molar-refractivity contribution >= 4 is 15.7 Å². The van der Waals surface area contributed by atoms with Crippen molar-refractivity contribution in [3.63, 3.8) is 0 Å². The van der Waals surface area contributed by atoms with Crippen molar-refractivity contribution < 1.29 is 13.2 Å². The number of nitrogens with zero attached hydrogens (tertiary/aromatic N) is 1. The van der Waals surface area contributed by atoms with Crippen LogP contribution < -0.4 is 5.32 Å². The van der Waals surface area contributed by atoms with Gasteiger partial charge in [0.2, 0.25) is 0 Å². The van der Waals surface area contributed by atoms with Gasteiger partial charge in [-0.1, -0.05) is 43.2 Å². The molecule has 1 fully saturated rings. The first-order valence-electron chi connectivity index (χ1n) is 10.5. The molecule has 30 heavy (non-hydrogen) atoms. The van der Waals surface area contributed by atoms with Crippen LogP contribution in [0.3, 0.4) is 0 Å². The third-order valence-electron chi connectivity index (χ3n) is 5.74. The van der Waals surface area contributed by atoms with Gasteiger partial charge < -0.3 is 5.32 Å². The van der Waals surface area contributed by atoms with Crippen LogP contribution in [0, 0.1) is 17.2 Å². The molecule has 1 aliphatic carbocycles. The lowest BCUT2D eigenvalue weighted by atomic mass is 9.80. The van der Waals surface area contributed by atoms with Crippen LogP contribution in [0.15, 0.2) is 59.5 Å². The lowest BCUT2D eigenvalue weighted by Gasteiger charge is -2.32. The average Bonchev–Trinajstić information content (AvgIpc) is 2.76. The minimum absolute atomic E-state index is 0.0602. The van der Waals surface area contributed by atoms with Gasteiger partial charge in [0.25, 0.3) is 5.91 Å². The van der Waals surface area contributed by atoms with Gasteiger partial charge in [-0.05, 0) is 61.4 Å². The molecule has 2 aromatic carbocycles. The van der Waals surface area contributed by atoms with E-state index >= 15 is 0 Å². The Hall–Kier alpha value is -2.65. The van der Waals surface area contributed by atoms with Crippen LogP contribution in [0.5, 0.6) is 0 Å². The fourth-order valence-corrected chi connectivity index (χ4v) is 5.39. The summed E-state index contributed by atoms with van der Waals surface area (Å²) in [5.74, 6) is 0.188. The van der Waals surface area contributed by atoms with Crippen LogP contribution in [-0.4, -0.2) is 26.1 Å². The average molecular weight is 425 g/mol. The minimum atomic E-state index is -3.43. The van der Waals surface area contributed by atoms with Crippen molar-refractivity contribution in [1.29, 1.82) is 5.26 Å². The van der Waals surface area contributed by atoms with Crippen LogP contribution in [0.2, 0.25) is 0 Å². The molecule has 6 heteroatoms. The Morgan fingerprint density at radius 1 is 1.03 bits per heavy atom. The Morgan fingerprint density at radius 2 is 1.73 bits per heavy atom. The fourth-order valence-electron chi connectivity index (χ4n) is 4.08. The molecule has 0 heterocycles. The van der Waals surface area contributed by atoms with E-state index in [4.69, 9.17) is 5.26 Å². The number of carbonyl (C=O) groups excluding carboxylic acids is 1. The molecule has 2 unspecified atom stereocenters. The lowest BCUT2D eigenvalue weighted by molar-refractivity contribution is 0.0905. The summed E-state index contributed by atoms with van der Waals surface area (Å²) < 4.78 is 24.6. The summed E-state index contributed by atoms with van der Waals surface area (Å²) in [5.41, 5.74) is 1.75. The number of nitrogens with one attached hydrogen (secondary N) is 1. The molecule has 1 amide bonds. The number of nitriles is 1. The van der Waals surface area contributed by atoms with Gasteiger partial charge in [0.15, 0.2) is 9.84 Å². The topological polar surface area (TPSA) is 87.0 Å². The monoisotopic (exact) mass is 424 g/mol. The third kappa shape index (κ3) is 5.93. The van der Waals surface area contributed by atoms with Gasteiger partial charge >= 0.3 is 0 Å². The zero-order chi connectivity index (χ0) is 21.4. The Morgan fingerprint density at radius 3 is 2.43 bits per heavy atom. The quantitative estimate of drug-likeness (QED) is 0.640. The minimum Gasteiger partial charge on any atom is -0.349 e. The van der Waals surface area contributed by atoms with E-state index in [2.05, 4.69) is 17.4 Å². The first-order chi connectivity index (χ1) is 14.5. The van der Waals surface area contributed by atoms with E-state index in [0.717, 1.165) is 25.7 Å². The van der Waals surface area contributed by atoms with Crippen molar-refractivity contribution in [1.82, 2.24) is 5.32 Å². The Labute approximate surface area is 179 Å². The molecule has 1 aliphatic rings. The largest absolute Gasteiger partial charge is 0.349 e. The van der Waals surface area contributed by atoms with Crippen molar-refractivity contribution in [2.24, 2.45) is 5.92 Å². The van der Waals surface area contributed by atoms with Gasteiger partial charge in [0.05, 0.1) is 16.7 Å². The molecule has 0 radical (unpaired) electrons. The smallest absolute Gasteiger partial charge is 0.251 e. The van der Waals surface area contributed by atoms with Crippen LogP contribution in [0.25, 0.3) is 0 Å². The molecular formula is C24H28N2O3S. The highest BCUT2D eigenvalue weighted by molar-refractivity contribution is 7.91. The van der Waals surface area contributed by atoms with Gasteiger partial charge in [0, 0.05) is 18.0 Å². The molecule has 1 N–H and O–H groups in total. The van der Waals surface area contributed by atoms with E-state index < -0.39 is 9.84 Å². The summed E-state index contributed by atoms with van der Waals surface area (Å²) in [7, 11) is -3.43. The molecule has 158 valence electrons. The number of hydrogen-bond acceptors (Lipinski definition) is 4. The molecule has 0 spiro atoms. The predicted molar refractivity (Wildman–Crippen MR) is 117 cm³/mol. The number of unbranched alkanes of at least 4 members (excludes halogenated alkanes) is 1. The van der Waals surface area contributed by atoms with Crippen LogP contribution in [-0.2, 0) is 16.3 Å². The van der Waals surface area contributed by atoms with Crippen molar-refractivity contribution in [3.8, 4) is 6.07 Å². The number of amides is 1. The maximum absolute atomic E-state index is 12.8. The highest BCUT2D eigenvalue weighted by Crippen LogP contribution is 2.28. The fraction of sp³-hybridized carbons (Fsp3) is 0.417. The molecule has 0 bridgehead atoms. The number of hydrogen-bond donors (Lipinski definition) is 1. The highest BCUT2D eigenvalue weighted by atomic mass is 32.2. The number of carbonyl (C=O) groups is 1. The van der Waals surface area contributed by atoms with Crippen molar-refractivity contribution in [2.75, 3.05) is 5.75 Å². The van der Waals surface area contributed by atoms with Crippen LogP contribution in [0.1, 0.15) is 54.4 Å². The van der Waals surface area contributed by atoms with E-state index in [1.807, 2.05) is 24.3 Å². The summed E-state index contributed by atoms with van der Waals surface area (Å²) in [6, 6.07) is 18.5. The summed E-state index contributed by atoms with van der Waals surface area (Å²) in [4.78, 5) is 13.0. The highest BCUT2D eigenvalue weighted by Gasteiger charge is 2.27. The van der Waals surface area contributed by atoms with Crippen LogP contribution in [0.4, 0.5) is 0 Å².